The summed E-state index contributed by atoms with van der Waals surface area (Å²) in [6.07, 6.45) is 9.71. The Morgan fingerprint density at radius 3 is 2.42 bits per heavy atom. The van der Waals surface area contributed by atoms with Crippen LogP contribution in [0, 0.1) is 23.7 Å². The minimum atomic E-state index is -4.29. The molecule has 0 bridgehead atoms. The Hall–Kier alpha value is -2.52. The largest absolute Gasteiger partial charge is 0.416 e. The van der Waals surface area contributed by atoms with Crippen LogP contribution in [-0.2, 0) is 11.0 Å². The van der Waals surface area contributed by atoms with Gasteiger partial charge in [-0.15, -0.1) is 0 Å². The molecular weight excluding hydrogens is 461 g/mol. The van der Waals surface area contributed by atoms with Crippen molar-refractivity contribution in [2.45, 2.75) is 70.4 Å². The van der Waals surface area contributed by atoms with E-state index in [9.17, 15) is 18.0 Å². The molecule has 2 aliphatic rings. The van der Waals surface area contributed by atoms with Gasteiger partial charge in [0, 0.05) is 32.5 Å². The highest BCUT2D eigenvalue weighted by Gasteiger charge is 2.30. The van der Waals surface area contributed by atoms with Crippen molar-refractivity contribution in [1.29, 1.82) is 0 Å². The van der Waals surface area contributed by atoms with Crippen LogP contribution in [0.25, 0.3) is 5.57 Å². The first-order valence-corrected chi connectivity index (χ1v) is 13.3. The number of hydrogen-bond acceptors (Lipinski definition) is 2. The topological polar surface area (TPSA) is 32.3 Å². The number of hydrogen-bond donors (Lipinski definition) is 1. The van der Waals surface area contributed by atoms with Crippen LogP contribution in [0.4, 0.5) is 13.2 Å². The third kappa shape index (κ3) is 9.50. The van der Waals surface area contributed by atoms with Gasteiger partial charge in [-0.3, -0.25) is 9.69 Å². The van der Waals surface area contributed by atoms with E-state index in [1.807, 2.05) is 0 Å². The molecule has 1 N–H and O–H groups in total. The number of rotatable bonds is 10. The van der Waals surface area contributed by atoms with Gasteiger partial charge in [0.15, 0.2) is 0 Å². The van der Waals surface area contributed by atoms with Gasteiger partial charge in [0.2, 0.25) is 5.91 Å². The molecule has 0 unspecified atom stereocenters. The van der Waals surface area contributed by atoms with Gasteiger partial charge in [-0.1, -0.05) is 62.3 Å². The fraction of sp³-hybridized carbons (Fsp3) is 0.567. The summed E-state index contributed by atoms with van der Waals surface area (Å²) in [6.45, 7) is 7.23. The van der Waals surface area contributed by atoms with Crippen molar-refractivity contribution in [3.63, 3.8) is 0 Å². The lowest BCUT2D eigenvalue weighted by Gasteiger charge is -2.32. The molecule has 0 radical (unpaired) electrons. The molecule has 1 aliphatic carbocycles. The summed E-state index contributed by atoms with van der Waals surface area (Å²) in [5.74, 6) is 7.37. The van der Waals surface area contributed by atoms with Gasteiger partial charge in [-0.2, -0.15) is 13.2 Å². The maximum atomic E-state index is 12.8. The predicted molar refractivity (Wildman–Crippen MR) is 140 cm³/mol. The summed E-state index contributed by atoms with van der Waals surface area (Å²) in [5.41, 5.74) is 1.45. The first-order chi connectivity index (χ1) is 17.3. The summed E-state index contributed by atoms with van der Waals surface area (Å²) in [7, 11) is 0. The Kier molecular flexibility index (Phi) is 11.1. The van der Waals surface area contributed by atoms with E-state index in [0.717, 1.165) is 68.9 Å². The Labute approximate surface area is 214 Å². The maximum Gasteiger partial charge on any atom is 0.416 e. The number of allylic oxidation sites excluding steroid dienone is 1. The molecule has 0 atom stereocenters. The van der Waals surface area contributed by atoms with E-state index in [4.69, 9.17) is 0 Å². The average Bonchev–Trinajstić information content (AvgIpc) is 2.88. The molecule has 3 nitrogen and oxygen atoms in total. The fourth-order valence-corrected chi connectivity index (χ4v) is 5.21. The smallest absolute Gasteiger partial charge is 0.356 e. The molecule has 0 saturated heterocycles. The van der Waals surface area contributed by atoms with Crippen LogP contribution >= 0.6 is 0 Å². The molecule has 3 rings (SSSR count). The zero-order chi connectivity index (χ0) is 25.8. The van der Waals surface area contributed by atoms with Crippen molar-refractivity contribution < 1.29 is 18.0 Å². The van der Waals surface area contributed by atoms with Crippen molar-refractivity contribution >= 4 is 11.5 Å². The highest BCUT2D eigenvalue weighted by Crippen LogP contribution is 2.33. The molecule has 6 heteroatoms. The van der Waals surface area contributed by atoms with Crippen LogP contribution in [0.2, 0.25) is 0 Å². The summed E-state index contributed by atoms with van der Waals surface area (Å²) in [5, 5.41) is 3.06. The van der Waals surface area contributed by atoms with Crippen molar-refractivity contribution in [3.05, 3.63) is 54.1 Å². The number of benzene rings is 1. The van der Waals surface area contributed by atoms with Gasteiger partial charge in [-0.05, 0) is 73.4 Å². The molecule has 1 fully saturated rings. The highest BCUT2D eigenvalue weighted by molar-refractivity contribution is 5.75. The van der Waals surface area contributed by atoms with Crippen LogP contribution < -0.4 is 5.32 Å². The lowest BCUT2D eigenvalue weighted by atomic mass is 9.79. The Balaban J connectivity index is 1.27. The molecule has 1 saturated carbocycles. The molecule has 1 aromatic rings. The van der Waals surface area contributed by atoms with E-state index in [2.05, 4.69) is 34.7 Å². The number of carbonyl (C=O) groups excluding carboxylic acids is 1. The number of unbranched alkanes of at least 4 members (excludes halogenated alkanes) is 1. The predicted octanol–water partition coefficient (Wildman–Crippen LogP) is 6.86. The number of halogens is 3. The lowest BCUT2D eigenvalue weighted by molar-refractivity contribution is -0.137. The van der Waals surface area contributed by atoms with Crippen LogP contribution in [0.15, 0.2) is 43.0 Å². The molecule has 1 amide bonds. The first-order valence-electron chi connectivity index (χ1n) is 13.3. The number of alkyl halides is 3. The molecule has 1 aromatic carbocycles. The van der Waals surface area contributed by atoms with Crippen molar-refractivity contribution in [1.82, 2.24) is 10.2 Å². The molecule has 0 aromatic heterocycles. The molecule has 1 heterocycles. The normalized spacial score (nSPS) is 20.7. The first kappa shape index (κ1) is 28.1. The quantitative estimate of drug-likeness (QED) is 0.281. The Morgan fingerprint density at radius 1 is 1.11 bits per heavy atom. The van der Waals surface area contributed by atoms with Crippen LogP contribution in [0.3, 0.4) is 0 Å². The van der Waals surface area contributed by atoms with E-state index >= 15 is 0 Å². The van der Waals surface area contributed by atoms with E-state index in [1.165, 1.54) is 44.2 Å². The fourth-order valence-electron chi connectivity index (χ4n) is 5.21. The van der Waals surface area contributed by atoms with E-state index in [1.54, 1.807) is 18.2 Å². The average molecular weight is 501 g/mol. The van der Waals surface area contributed by atoms with Crippen molar-refractivity contribution in [2.75, 3.05) is 26.2 Å². The summed E-state index contributed by atoms with van der Waals surface area (Å²) >= 11 is 0. The number of nitrogens with one attached hydrogen (secondary N) is 1. The monoisotopic (exact) mass is 500 g/mol. The van der Waals surface area contributed by atoms with Gasteiger partial charge >= 0.3 is 6.18 Å². The van der Waals surface area contributed by atoms with Crippen LogP contribution in [-0.4, -0.2) is 37.0 Å². The Morgan fingerprint density at radius 2 is 1.81 bits per heavy atom. The number of nitrogens with zero attached hydrogens (tertiary/aromatic N) is 1. The second-order valence-electron chi connectivity index (χ2n) is 10.0. The van der Waals surface area contributed by atoms with Crippen molar-refractivity contribution in [2.24, 2.45) is 11.8 Å². The molecule has 196 valence electrons. The summed E-state index contributed by atoms with van der Waals surface area (Å²) in [6, 6.07) is 5.54. The Bertz CT molecular complexity index is 932. The van der Waals surface area contributed by atoms with Gasteiger partial charge in [0.1, 0.15) is 0 Å². The second-order valence-corrected chi connectivity index (χ2v) is 10.0. The van der Waals surface area contributed by atoms with Gasteiger partial charge in [0.25, 0.3) is 0 Å². The SMILES string of the molecule is C=CC#CCCCC(=O)NCCC1CCC(CCN2CC=C(c3ccc(C(F)(F)F)cc3)CC2)CC1. The summed E-state index contributed by atoms with van der Waals surface area (Å²) < 4.78 is 38.3. The molecule has 1 aliphatic heterocycles. The highest BCUT2D eigenvalue weighted by atomic mass is 19.4. The summed E-state index contributed by atoms with van der Waals surface area (Å²) in [4.78, 5) is 14.4. The maximum absolute atomic E-state index is 12.8. The second kappa shape index (κ2) is 14.3. The number of amides is 1. The minimum Gasteiger partial charge on any atom is -0.356 e. The third-order valence-corrected chi connectivity index (χ3v) is 7.48. The zero-order valence-electron chi connectivity index (χ0n) is 21.2. The standard InChI is InChI=1S/C30H39F3N2O/c1-2-3-4-5-6-7-29(36)34-20-16-24-8-10-25(11-9-24)17-21-35-22-18-27(19-23-35)26-12-14-28(15-13-26)30(31,32)33/h2,12-15,18,24-25H,1,5-11,16-17,19-23H2,(H,34,36). The third-order valence-electron chi connectivity index (χ3n) is 7.48. The van der Waals surface area contributed by atoms with Crippen LogP contribution in [0.1, 0.15) is 75.3 Å². The van der Waals surface area contributed by atoms with Crippen molar-refractivity contribution in [3.8, 4) is 11.8 Å². The van der Waals surface area contributed by atoms with E-state index < -0.39 is 11.7 Å². The minimum absolute atomic E-state index is 0.126. The van der Waals surface area contributed by atoms with E-state index in [0.29, 0.717) is 12.3 Å². The van der Waals surface area contributed by atoms with Crippen LogP contribution in [0.5, 0.6) is 0 Å². The van der Waals surface area contributed by atoms with Gasteiger partial charge in [0.05, 0.1) is 5.56 Å². The van der Waals surface area contributed by atoms with E-state index in [-0.39, 0.29) is 5.91 Å². The van der Waals surface area contributed by atoms with Gasteiger partial charge < -0.3 is 5.32 Å². The molecular formula is C30H39F3N2O. The zero-order valence-corrected chi connectivity index (χ0v) is 21.2. The molecule has 0 spiro atoms. The van der Waals surface area contributed by atoms with Gasteiger partial charge in [-0.25, -0.2) is 0 Å². The molecule has 36 heavy (non-hydrogen) atoms. The lowest BCUT2D eigenvalue weighted by Crippen LogP contribution is -2.31. The number of carbonyl (C=O) groups is 1.